The first kappa shape index (κ1) is 24.8. The summed E-state index contributed by atoms with van der Waals surface area (Å²) in [5.41, 5.74) is 9.75. The summed E-state index contributed by atoms with van der Waals surface area (Å²) in [6, 6.07) is 5.87. The molecule has 0 saturated carbocycles. The van der Waals surface area contributed by atoms with Crippen molar-refractivity contribution < 1.29 is 21.5 Å². The molecule has 159 valence electrons. The average Bonchev–Trinajstić information content (AvgIpc) is 3.30. The van der Waals surface area contributed by atoms with Crippen molar-refractivity contribution in [3.05, 3.63) is 47.2 Å². The number of aryl methyl sites for hydroxylation is 1. The van der Waals surface area contributed by atoms with Crippen molar-refractivity contribution in [1.82, 2.24) is 15.4 Å². The van der Waals surface area contributed by atoms with Crippen LogP contribution in [0.1, 0.15) is 29.6 Å². The predicted molar refractivity (Wildman–Crippen MR) is 119 cm³/mol. The fourth-order valence-corrected chi connectivity index (χ4v) is 2.66. The average molecular weight is 481 g/mol. The summed E-state index contributed by atoms with van der Waals surface area (Å²) in [6.45, 7) is 6.51. The smallest absolute Gasteiger partial charge is 0.741 e. The Morgan fingerprint density at radius 1 is 1.10 bits per heavy atom. The minimum absolute atomic E-state index is 0. The van der Waals surface area contributed by atoms with E-state index in [1.165, 1.54) is 0 Å². The van der Waals surface area contributed by atoms with Crippen molar-refractivity contribution in [3.8, 4) is 0 Å². The predicted octanol–water partition coefficient (Wildman–Crippen LogP) is 2.07. The molecule has 0 aliphatic carbocycles. The summed E-state index contributed by atoms with van der Waals surface area (Å²) in [4.78, 5) is 7.77. The summed E-state index contributed by atoms with van der Waals surface area (Å²) < 4.78 is 7.64. The molecule has 2 rings (SSSR count). The Morgan fingerprint density at radius 2 is 1.72 bits per heavy atom. The third-order valence-electron chi connectivity index (χ3n) is 4.05. The second-order valence-electron chi connectivity index (χ2n) is 5.89. The molecule has 2 aromatic heterocycles. The Balaban J connectivity index is 0.00000420. The molecule has 0 bridgehead atoms. The van der Waals surface area contributed by atoms with Crippen LogP contribution in [0.2, 0.25) is 0 Å². The van der Waals surface area contributed by atoms with Crippen molar-refractivity contribution in [1.29, 1.82) is 0 Å². The second-order valence-corrected chi connectivity index (χ2v) is 6.66. The number of nitrogens with one attached hydrogen (secondary N) is 2. The SMILES string of the molecule is CN=C([S-])N/N=C(C)/C(=N/NC([S-])=NC)c1cc(C)n(Cc2ccco2)c1C.[Cu+2]. The van der Waals surface area contributed by atoms with E-state index in [0.29, 0.717) is 18.0 Å². The summed E-state index contributed by atoms with van der Waals surface area (Å²) in [6.07, 6.45) is 1.67. The van der Waals surface area contributed by atoms with E-state index in [1.54, 1.807) is 20.4 Å². The van der Waals surface area contributed by atoms with Crippen LogP contribution < -0.4 is 10.9 Å². The molecule has 0 amide bonds. The molecule has 0 atom stereocenters. The zero-order chi connectivity index (χ0) is 20.7. The van der Waals surface area contributed by atoms with Gasteiger partial charge >= 0.3 is 17.1 Å². The molecule has 0 aromatic carbocycles. The number of furan rings is 1. The van der Waals surface area contributed by atoms with Gasteiger partial charge in [0.1, 0.15) is 11.5 Å². The van der Waals surface area contributed by atoms with Gasteiger partial charge in [-0.2, -0.15) is 10.2 Å². The zero-order valence-electron chi connectivity index (χ0n) is 16.8. The molecule has 0 saturated heterocycles. The summed E-state index contributed by atoms with van der Waals surface area (Å²) >= 11 is 10.1. The van der Waals surface area contributed by atoms with Gasteiger partial charge in [-0.1, -0.05) is 0 Å². The molecule has 11 heteroatoms. The Morgan fingerprint density at radius 3 is 2.28 bits per heavy atom. The molecular formula is C18H23CuN7OS2. The van der Waals surface area contributed by atoms with Crippen LogP contribution >= 0.6 is 0 Å². The number of aromatic nitrogens is 1. The largest absolute Gasteiger partial charge is 2.00 e. The van der Waals surface area contributed by atoms with Crippen molar-refractivity contribution in [3.63, 3.8) is 0 Å². The first-order valence-corrected chi connectivity index (χ1v) is 9.30. The summed E-state index contributed by atoms with van der Waals surface area (Å²) in [5.74, 6) is 0.873. The number of aliphatic imine (C=N–C) groups is 2. The van der Waals surface area contributed by atoms with Crippen molar-refractivity contribution in [2.24, 2.45) is 20.2 Å². The van der Waals surface area contributed by atoms with Crippen LogP contribution in [0.15, 0.2) is 49.1 Å². The molecule has 2 heterocycles. The molecule has 1 radical (unpaired) electrons. The maximum Gasteiger partial charge on any atom is 2.00 e. The van der Waals surface area contributed by atoms with Gasteiger partial charge in [-0.25, -0.2) is 0 Å². The van der Waals surface area contributed by atoms with Gasteiger partial charge in [0.25, 0.3) is 0 Å². The molecule has 0 aliphatic heterocycles. The molecule has 2 N–H and O–H groups in total. The van der Waals surface area contributed by atoms with E-state index < -0.39 is 0 Å². The molecule has 0 spiro atoms. The first-order chi connectivity index (χ1) is 13.4. The van der Waals surface area contributed by atoms with Gasteiger partial charge in [-0.15, -0.1) is 0 Å². The summed E-state index contributed by atoms with van der Waals surface area (Å²) in [5, 5.41) is 9.29. The van der Waals surface area contributed by atoms with Gasteiger partial charge in [0.05, 0.1) is 18.5 Å². The fraction of sp³-hybridized carbons (Fsp3) is 0.333. The Bertz CT molecular complexity index is 930. The van der Waals surface area contributed by atoms with E-state index in [2.05, 4.69) is 35.6 Å². The topological polar surface area (TPSA) is 91.6 Å². The van der Waals surface area contributed by atoms with E-state index in [0.717, 1.165) is 22.7 Å². The Labute approximate surface area is 192 Å². The maximum absolute atomic E-state index is 5.48. The van der Waals surface area contributed by atoms with Crippen LogP contribution in [-0.2, 0) is 48.9 Å². The molecular weight excluding hydrogens is 458 g/mol. The number of hydrogen-bond acceptors (Lipinski definition) is 7. The third kappa shape index (κ3) is 6.67. The minimum atomic E-state index is 0. The Kier molecular flexibility index (Phi) is 10.0. The number of hydrazone groups is 2. The molecule has 8 nitrogen and oxygen atoms in total. The maximum atomic E-state index is 5.48. The number of amidine groups is 2. The number of nitrogens with zero attached hydrogens (tertiary/aromatic N) is 5. The fourth-order valence-electron chi connectivity index (χ4n) is 2.57. The molecule has 0 fully saturated rings. The number of hydrogen-bond donors (Lipinski definition) is 2. The normalized spacial score (nSPS) is 13.3. The minimum Gasteiger partial charge on any atom is -0.741 e. The quantitative estimate of drug-likeness (QED) is 0.217. The van der Waals surface area contributed by atoms with Gasteiger partial charge in [0, 0.05) is 31.0 Å². The monoisotopic (exact) mass is 480 g/mol. The van der Waals surface area contributed by atoms with E-state index in [9.17, 15) is 0 Å². The van der Waals surface area contributed by atoms with E-state index in [1.807, 2.05) is 39.0 Å². The van der Waals surface area contributed by atoms with Crippen LogP contribution in [0.4, 0.5) is 0 Å². The number of rotatable bonds is 6. The van der Waals surface area contributed by atoms with Gasteiger partial charge in [0.15, 0.2) is 0 Å². The van der Waals surface area contributed by atoms with Gasteiger partial charge in [0.2, 0.25) is 0 Å². The van der Waals surface area contributed by atoms with Gasteiger partial charge in [-0.05, 0) is 49.3 Å². The zero-order valence-corrected chi connectivity index (χ0v) is 19.4. The van der Waals surface area contributed by atoms with Crippen molar-refractivity contribution in [2.75, 3.05) is 14.1 Å². The van der Waals surface area contributed by atoms with E-state index in [4.69, 9.17) is 29.7 Å². The Hall–Kier alpha value is -2.20. The van der Waals surface area contributed by atoms with Crippen LogP contribution in [0.25, 0.3) is 0 Å². The standard InChI is InChI=1S/C18H25N7OS2.Cu/c1-11-9-15(13(3)25(11)10-14-7-6-8-26-14)16(22-24-18(28)20-5)12(2)21-23-17(27)19-4;/h6-9H,10H2,1-5H3,(H2,19,23,27)(H2,20,24,28);/q;+2/p-2/b21-12+,22-16-;. The van der Waals surface area contributed by atoms with E-state index >= 15 is 0 Å². The molecule has 2 aromatic rings. The molecule has 0 aliphatic rings. The third-order valence-corrected chi connectivity index (χ3v) is 4.60. The van der Waals surface area contributed by atoms with Crippen LogP contribution in [0, 0.1) is 13.8 Å². The second kappa shape index (κ2) is 11.7. The molecule has 29 heavy (non-hydrogen) atoms. The molecule has 0 unspecified atom stereocenters. The van der Waals surface area contributed by atoms with Crippen molar-refractivity contribution in [2.45, 2.75) is 27.3 Å². The van der Waals surface area contributed by atoms with Crippen molar-refractivity contribution >= 4 is 47.0 Å². The van der Waals surface area contributed by atoms with Crippen LogP contribution in [-0.4, -0.2) is 40.4 Å². The summed E-state index contributed by atoms with van der Waals surface area (Å²) in [7, 11) is 3.20. The van der Waals surface area contributed by atoms with E-state index in [-0.39, 0.29) is 27.4 Å². The van der Waals surface area contributed by atoms with Crippen LogP contribution in [0.3, 0.4) is 0 Å². The van der Waals surface area contributed by atoms with Gasteiger partial charge < -0.3 is 34.2 Å². The first-order valence-electron chi connectivity index (χ1n) is 8.48. The van der Waals surface area contributed by atoms with Crippen LogP contribution in [0.5, 0.6) is 0 Å². The van der Waals surface area contributed by atoms with Gasteiger partial charge in [-0.3, -0.25) is 20.8 Å².